The molecule has 0 unspecified atom stereocenters. The molecule has 1 aliphatic rings. The molecule has 3 heterocycles. The van der Waals surface area contributed by atoms with Gasteiger partial charge in [-0.05, 0) is 80.6 Å². The lowest BCUT2D eigenvalue weighted by Gasteiger charge is -2.27. The summed E-state index contributed by atoms with van der Waals surface area (Å²) in [5.41, 5.74) is 5.01. The van der Waals surface area contributed by atoms with Crippen molar-refractivity contribution in [2.24, 2.45) is 0 Å². The van der Waals surface area contributed by atoms with Crippen molar-refractivity contribution >= 4 is 34.2 Å². The van der Waals surface area contributed by atoms with E-state index in [1.807, 2.05) is 26.0 Å². The van der Waals surface area contributed by atoms with Crippen LogP contribution in [0.1, 0.15) is 39.9 Å². The lowest BCUT2D eigenvalue weighted by molar-refractivity contribution is 0.102. The fourth-order valence-corrected chi connectivity index (χ4v) is 4.75. The molecular weight excluding hydrogens is 490 g/mol. The van der Waals surface area contributed by atoms with E-state index in [4.69, 9.17) is 16.3 Å². The molecule has 1 atom stereocenters. The summed E-state index contributed by atoms with van der Waals surface area (Å²) >= 11 is 6.49. The number of amides is 1. The maximum atomic E-state index is 13.4. The van der Waals surface area contributed by atoms with E-state index in [9.17, 15) is 9.59 Å². The number of ether oxygens (including phenoxy) is 1. The first kappa shape index (κ1) is 24.9. The molecular formula is C28H28ClN5O3. The third kappa shape index (κ3) is 5.08. The number of nitrogens with one attached hydrogen (secondary N) is 3. The van der Waals surface area contributed by atoms with Crippen LogP contribution in [0.4, 0.5) is 5.82 Å². The van der Waals surface area contributed by atoms with Crippen molar-refractivity contribution in [3.05, 3.63) is 80.5 Å². The molecule has 2 aromatic carbocycles. The van der Waals surface area contributed by atoms with Crippen LogP contribution < -0.4 is 20.9 Å². The molecule has 2 aromatic heterocycles. The number of hydrogen-bond donors (Lipinski definition) is 3. The minimum absolute atomic E-state index is 0.203. The molecule has 0 bridgehead atoms. The smallest absolute Gasteiger partial charge is 0.260 e. The lowest BCUT2D eigenvalue weighted by Crippen LogP contribution is -2.43. The summed E-state index contributed by atoms with van der Waals surface area (Å²) in [7, 11) is 0. The maximum absolute atomic E-state index is 13.4. The second kappa shape index (κ2) is 10.3. The zero-order valence-corrected chi connectivity index (χ0v) is 21.7. The molecule has 190 valence electrons. The minimum atomic E-state index is -0.426. The molecule has 0 spiro atoms. The van der Waals surface area contributed by atoms with Gasteiger partial charge in [-0.1, -0.05) is 23.7 Å². The number of rotatable bonds is 7. The van der Waals surface area contributed by atoms with Crippen LogP contribution in [0, 0.1) is 20.8 Å². The topological polar surface area (TPSA) is 109 Å². The number of halogens is 1. The van der Waals surface area contributed by atoms with E-state index >= 15 is 0 Å². The second-order valence-corrected chi connectivity index (χ2v) is 9.80. The second-order valence-electron chi connectivity index (χ2n) is 9.40. The van der Waals surface area contributed by atoms with Gasteiger partial charge in [-0.2, -0.15) is 0 Å². The van der Waals surface area contributed by atoms with Gasteiger partial charge in [0.05, 0.1) is 28.3 Å². The van der Waals surface area contributed by atoms with Crippen molar-refractivity contribution in [1.82, 2.24) is 20.3 Å². The van der Waals surface area contributed by atoms with Crippen molar-refractivity contribution in [2.75, 3.05) is 18.5 Å². The summed E-state index contributed by atoms with van der Waals surface area (Å²) in [6.45, 7) is 7.55. The Morgan fingerprint density at radius 2 is 1.95 bits per heavy atom. The van der Waals surface area contributed by atoms with Crippen molar-refractivity contribution < 1.29 is 9.53 Å². The number of carbonyl (C=O) groups is 1. The number of H-pyrrole nitrogens is 1. The normalized spacial score (nSPS) is 14.9. The van der Waals surface area contributed by atoms with E-state index in [0.29, 0.717) is 40.7 Å². The highest BCUT2D eigenvalue weighted by atomic mass is 35.5. The third-order valence-corrected chi connectivity index (χ3v) is 7.29. The van der Waals surface area contributed by atoms with E-state index < -0.39 is 5.91 Å². The van der Waals surface area contributed by atoms with Crippen LogP contribution in [-0.2, 0) is 0 Å². The molecule has 1 aliphatic heterocycles. The Balaban J connectivity index is 1.64. The molecule has 1 saturated heterocycles. The number of hydrogen-bond acceptors (Lipinski definition) is 6. The van der Waals surface area contributed by atoms with Gasteiger partial charge in [0.25, 0.3) is 11.5 Å². The van der Waals surface area contributed by atoms with Gasteiger partial charge < -0.3 is 20.4 Å². The first-order chi connectivity index (χ1) is 17.8. The van der Waals surface area contributed by atoms with E-state index in [2.05, 4.69) is 32.5 Å². The summed E-state index contributed by atoms with van der Waals surface area (Å²) in [4.78, 5) is 37.4. The molecule has 0 radical (unpaired) electrons. The predicted molar refractivity (Wildman–Crippen MR) is 146 cm³/mol. The fraction of sp³-hybridized carbons (Fsp3) is 0.286. The molecule has 3 N–H and O–H groups in total. The van der Waals surface area contributed by atoms with E-state index in [1.54, 1.807) is 18.2 Å². The third-order valence-electron chi connectivity index (χ3n) is 6.98. The average molecular weight is 518 g/mol. The Morgan fingerprint density at radius 1 is 1.19 bits per heavy atom. The summed E-state index contributed by atoms with van der Waals surface area (Å²) in [5.74, 6) is 0.367. The number of pyridine rings is 1. The number of carbonyl (C=O) groups excluding carboxylic acids is 1. The summed E-state index contributed by atoms with van der Waals surface area (Å²) in [5, 5.41) is 6.92. The summed E-state index contributed by atoms with van der Waals surface area (Å²) < 4.78 is 6.34. The Morgan fingerprint density at radius 3 is 2.59 bits per heavy atom. The van der Waals surface area contributed by atoms with Crippen LogP contribution in [-0.4, -0.2) is 40.1 Å². The van der Waals surface area contributed by atoms with E-state index in [0.717, 1.165) is 36.1 Å². The molecule has 1 amide bonds. The zero-order valence-electron chi connectivity index (χ0n) is 20.9. The van der Waals surface area contributed by atoms with Gasteiger partial charge >= 0.3 is 0 Å². The molecule has 37 heavy (non-hydrogen) atoms. The maximum Gasteiger partial charge on any atom is 0.260 e. The van der Waals surface area contributed by atoms with Gasteiger partial charge in [0.1, 0.15) is 17.9 Å². The van der Waals surface area contributed by atoms with Gasteiger partial charge in [0.15, 0.2) is 0 Å². The number of aromatic nitrogens is 3. The van der Waals surface area contributed by atoms with Gasteiger partial charge in [0, 0.05) is 17.6 Å². The highest BCUT2D eigenvalue weighted by molar-refractivity contribution is 6.35. The van der Waals surface area contributed by atoms with Crippen LogP contribution in [0.25, 0.3) is 22.0 Å². The van der Waals surface area contributed by atoms with Crippen LogP contribution in [0.5, 0.6) is 5.75 Å². The van der Waals surface area contributed by atoms with Crippen molar-refractivity contribution in [2.45, 2.75) is 39.7 Å². The Hall–Kier alpha value is -3.75. The first-order valence-corrected chi connectivity index (χ1v) is 12.6. The molecule has 4 aromatic rings. The van der Waals surface area contributed by atoms with Crippen molar-refractivity contribution in [3.8, 4) is 16.9 Å². The number of anilines is 1. The molecule has 1 fully saturated rings. The van der Waals surface area contributed by atoms with Gasteiger partial charge in [0.2, 0.25) is 0 Å². The first-order valence-electron chi connectivity index (χ1n) is 12.2. The fourth-order valence-electron chi connectivity index (χ4n) is 4.50. The van der Waals surface area contributed by atoms with Crippen molar-refractivity contribution in [3.63, 3.8) is 0 Å². The zero-order chi connectivity index (χ0) is 26.1. The van der Waals surface area contributed by atoms with E-state index in [1.165, 1.54) is 18.1 Å². The van der Waals surface area contributed by atoms with Crippen molar-refractivity contribution in [1.29, 1.82) is 0 Å². The van der Waals surface area contributed by atoms with Crippen LogP contribution in [0.2, 0.25) is 5.02 Å². The molecule has 9 heteroatoms. The number of nitrogens with zero attached hydrogens (tertiary/aromatic N) is 2. The molecule has 8 nitrogen and oxygen atoms in total. The molecule has 5 rings (SSSR count). The number of fused-ring (bicyclic) bond motifs is 1. The average Bonchev–Trinajstić information content (AvgIpc) is 2.83. The molecule has 0 aliphatic carbocycles. The van der Waals surface area contributed by atoms with E-state index in [-0.39, 0.29) is 16.1 Å². The Labute approximate surface area is 219 Å². The largest absolute Gasteiger partial charge is 0.492 e. The number of benzene rings is 2. The monoisotopic (exact) mass is 517 g/mol. The standard InChI is InChI=1S/C28H28ClN5O3/c1-15-10-18(11-16(2)17(15)3)25-26(37-9-6-19-4-8-31-19)21-12-20(22(29)13-23(21)33-28(25)36)27(35)34-24-5-7-30-14-32-24/h5,7,10-14,19,31H,4,6,8-9H2,1-3H3,(H,33,36)(H,30,32,34,35)/t19-/m0/s1. The van der Waals surface area contributed by atoms with Gasteiger partial charge in [-0.15, -0.1) is 0 Å². The Bertz CT molecular complexity index is 1520. The highest BCUT2D eigenvalue weighted by Crippen LogP contribution is 2.37. The number of aromatic amines is 1. The van der Waals surface area contributed by atoms with Gasteiger partial charge in [-0.25, -0.2) is 9.97 Å². The Kier molecular flexibility index (Phi) is 6.95. The SMILES string of the molecule is Cc1cc(-c2c(OCC[C@@H]3CCN3)c3cc(C(=O)Nc4ccncn4)c(Cl)cc3[nH]c2=O)cc(C)c1C. The predicted octanol–water partition coefficient (Wildman–Crippen LogP) is 4.95. The lowest BCUT2D eigenvalue weighted by atomic mass is 9.95. The van der Waals surface area contributed by atoms with Crippen LogP contribution in [0.15, 0.2) is 47.7 Å². The molecule has 0 saturated carbocycles. The summed E-state index contributed by atoms with van der Waals surface area (Å²) in [6, 6.07) is 9.24. The quantitative estimate of drug-likeness (QED) is 0.320. The van der Waals surface area contributed by atoms with Crippen LogP contribution >= 0.6 is 11.6 Å². The summed E-state index contributed by atoms with van der Waals surface area (Å²) in [6.07, 6.45) is 4.80. The van der Waals surface area contributed by atoms with Crippen LogP contribution in [0.3, 0.4) is 0 Å². The van der Waals surface area contributed by atoms with Gasteiger partial charge in [-0.3, -0.25) is 9.59 Å². The minimum Gasteiger partial charge on any atom is -0.492 e. The number of aryl methyl sites for hydroxylation is 2. The highest BCUT2D eigenvalue weighted by Gasteiger charge is 2.22.